The van der Waals surface area contributed by atoms with Gasteiger partial charge in [0.2, 0.25) is 0 Å². The predicted molar refractivity (Wildman–Crippen MR) is 50.3 cm³/mol. The minimum atomic E-state index is -0.372. The van der Waals surface area contributed by atoms with Gasteiger partial charge < -0.3 is 5.73 Å². The van der Waals surface area contributed by atoms with Crippen LogP contribution in [-0.4, -0.2) is 6.26 Å². The van der Waals surface area contributed by atoms with Gasteiger partial charge in [-0.3, -0.25) is 0 Å². The highest BCUT2D eigenvalue weighted by Crippen LogP contribution is 2.28. The van der Waals surface area contributed by atoms with E-state index in [2.05, 4.69) is 15.9 Å². The van der Waals surface area contributed by atoms with Crippen LogP contribution in [0.15, 0.2) is 21.5 Å². The van der Waals surface area contributed by atoms with Crippen LogP contribution in [0.5, 0.6) is 0 Å². The van der Waals surface area contributed by atoms with Gasteiger partial charge in [-0.25, -0.2) is 4.39 Å². The van der Waals surface area contributed by atoms with Crippen LogP contribution in [0.4, 0.5) is 10.1 Å². The Labute approximate surface area is 77.3 Å². The predicted octanol–water partition coefficient (Wildman–Crippen LogP) is 2.89. The SMILES string of the molecule is CSc1cc(F)c(N)c(Br)c1. The van der Waals surface area contributed by atoms with Crippen molar-refractivity contribution in [2.75, 3.05) is 12.0 Å². The molecule has 1 rings (SSSR count). The van der Waals surface area contributed by atoms with Crippen molar-refractivity contribution in [1.29, 1.82) is 0 Å². The molecule has 1 aromatic rings. The van der Waals surface area contributed by atoms with Gasteiger partial charge in [0.1, 0.15) is 5.82 Å². The minimum absolute atomic E-state index is 0.169. The van der Waals surface area contributed by atoms with Crippen molar-refractivity contribution in [2.45, 2.75) is 4.90 Å². The fourth-order valence-electron chi connectivity index (χ4n) is 0.679. The first kappa shape index (κ1) is 8.87. The first-order valence-electron chi connectivity index (χ1n) is 2.93. The van der Waals surface area contributed by atoms with Crippen molar-refractivity contribution in [3.05, 3.63) is 22.4 Å². The third kappa shape index (κ3) is 1.87. The summed E-state index contributed by atoms with van der Waals surface area (Å²) in [5.41, 5.74) is 5.54. The number of halogens is 2. The number of benzene rings is 1. The first-order valence-corrected chi connectivity index (χ1v) is 4.95. The Hall–Kier alpha value is -0.220. The highest BCUT2D eigenvalue weighted by molar-refractivity contribution is 9.10. The zero-order chi connectivity index (χ0) is 8.43. The summed E-state index contributed by atoms with van der Waals surface area (Å²) in [7, 11) is 0. The maximum Gasteiger partial charge on any atom is 0.148 e. The number of nitrogen functional groups attached to an aromatic ring is 1. The van der Waals surface area contributed by atoms with Gasteiger partial charge in [0, 0.05) is 9.37 Å². The molecule has 2 N–H and O–H groups in total. The van der Waals surface area contributed by atoms with E-state index in [1.807, 2.05) is 6.26 Å². The van der Waals surface area contributed by atoms with Gasteiger partial charge in [-0.1, -0.05) is 0 Å². The summed E-state index contributed by atoms with van der Waals surface area (Å²) < 4.78 is 13.5. The van der Waals surface area contributed by atoms with E-state index in [1.54, 1.807) is 6.07 Å². The summed E-state index contributed by atoms with van der Waals surface area (Å²) in [6.45, 7) is 0. The monoisotopic (exact) mass is 235 g/mol. The fourth-order valence-corrected chi connectivity index (χ4v) is 1.72. The van der Waals surface area contributed by atoms with E-state index in [0.717, 1.165) is 4.90 Å². The summed E-state index contributed by atoms with van der Waals surface area (Å²) >= 11 is 4.64. The second kappa shape index (κ2) is 3.45. The lowest BCUT2D eigenvalue weighted by Gasteiger charge is -2.02. The minimum Gasteiger partial charge on any atom is -0.395 e. The lowest BCUT2D eigenvalue weighted by molar-refractivity contribution is 0.628. The lowest BCUT2D eigenvalue weighted by Crippen LogP contribution is -1.91. The molecule has 0 aromatic heterocycles. The maximum absolute atomic E-state index is 12.9. The Kier molecular flexibility index (Phi) is 2.78. The van der Waals surface area contributed by atoms with Crippen LogP contribution < -0.4 is 5.73 Å². The van der Waals surface area contributed by atoms with Crippen molar-refractivity contribution >= 4 is 33.4 Å². The van der Waals surface area contributed by atoms with Crippen molar-refractivity contribution in [1.82, 2.24) is 0 Å². The molecule has 0 saturated carbocycles. The average Bonchev–Trinajstić information content (AvgIpc) is 1.99. The van der Waals surface area contributed by atoms with Crippen LogP contribution in [0, 0.1) is 5.82 Å². The lowest BCUT2D eigenvalue weighted by atomic mass is 10.3. The van der Waals surface area contributed by atoms with Crippen molar-refractivity contribution in [2.24, 2.45) is 0 Å². The molecule has 1 nitrogen and oxygen atoms in total. The molecule has 0 atom stereocenters. The van der Waals surface area contributed by atoms with Gasteiger partial charge >= 0.3 is 0 Å². The summed E-state index contributed by atoms with van der Waals surface area (Å²) in [4.78, 5) is 0.864. The molecule has 0 saturated heterocycles. The van der Waals surface area contributed by atoms with E-state index in [1.165, 1.54) is 17.8 Å². The van der Waals surface area contributed by atoms with Crippen LogP contribution in [-0.2, 0) is 0 Å². The molecule has 60 valence electrons. The molecule has 4 heteroatoms. The van der Waals surface area contributed by atoms with E-state index in [4.69, 9.17) is 5.73 Å². The zero-order valence-electron chi connectivity index (χ0n) is 5.90. The largest absolute Gasteiger partial charge is 0.395 e. The molecule has 11 heavy (non-hydrogen) atoms. The van der Waals surface area contributed by atoms with Gasteiger partial charge in [-0.15, -0.1) is 11.8 Å². The summed E-state index contributed by atoms with van der Waals surface area (Å²) in [5, 5.41) is 0. The van der Waals surface area contributed by atoms with Gasteiger partial charge in [0.25, 0.3) is 0 Å². The maximum atomic E-state index is 12.9. The topological polar surface area (TPSA) is 26.0 Å². The third-order valence-corrected chi connectivity index (χ3v) is 2.65. The smallest absolute Gasteiger partial charge is 0.148 e. The fraction of sp³-hybridized carbons (Fsp3) is 0.143. The molecular formula is C7H7BrFNS. The Morgan fingerprint density at radius 1 is 1.55 bits per heavy atom. The van der Waals surface area contributed by atoms with E-state index in [0.29, 0.717) is 4.47 Å². The van der Waals surface area contributed by atoms with Crippen molar-refractivity contribution in [3.8, 4) is 0 Å². The summed E-state index contributed by atoms with van der Waals surface area (Å²) in [5.74, 6) is -0.372. The first-order chi connectivity index (χ1) is 5.15. The zero-order valence-corrected chi connectivity index (χ0v) is 8.30. The number of nitrogens with two attached hydrogens (primary N) is 1. The second-order valence-corrected chi connectivity index (χ2v) is 3.74. The quantitative estimate of drug-likeness (QED) is 0.599. The molecule has 0 spiro atoms. The normalized spacial score (nSPS) is 10.1. The molecule has 0 heterocycles. The molecular weight excluding hydrogens is 229 g/mol. The molecule has 0 unspecified atom stereocenters. The van der Waals surface area contributed by atoms with E-state index >= 15 is 0 Å². The molecule has 0 amide bonds. The molecule has 0 fully saturated rings. The van der Waals surface area contributed by atoms with E-state index in [9.17, 15) is 4.39 Å². The van der Waals surface area contributed by atoms with Gasteiger partial charge in [-0.2, -0.15) is 0 Å². The van der Waals surface area contributed by atoms with Crippen LogP contribution in [0.25, 0.3) is 0 Å². The van der Waals surface area contributed by atoms with Crippen molar-refractivity contribution < 1.29 is 4.39 Å². The van der Waals surface area contributed by atoms with Crippen LogP contribution in [0.2, 0.25) is 0 Å². The van der Waals surface area contributed by atoms with Gasteiger partial charge in [0.15, 0.2) is 0 Å². The number of anilines is 1. The molecule has 0 bridgehead atoms. The van der Waals surface area contributed by atoms with Crippen LogP contribution in [0.1, 0.15) is 0 Å². The summed E-state index contributed by atoms with van der Waals surface area (Å²) in [6.07, 6.45) is 1.89. The number of hydrogen-bond acceptors (Lipinski definition) is 2. The summed E-state index contributed by atoms with van der Waals surface area (Å²) in [6, 6.07) is 3.22. The Morgan fingerprint density at radius 3 is 2.64 bits per heavy atom. The number of thioether (sulfide) groups is 1. The molecule has 0 radical (unpaired) electrons. The van der Waals surface area contributed by atoms with Gasteiger partial charge in [0.05, 0.1) is 5.69 Å². The van der Waals surface area contributed by atoms with Gasteiger partial charge in [-0.05, 0) is 34.3 Å². The standard InChI is InChI=1S/C7H7BrFNS/c1-11-4-2-5(8)7(10)6(9)3-4/h2-3H,10H2,1H3. The number of hydrogen-bond donors (Lipinski definition) is 1. The molecule has 0 aliphatic heterocycles. The molecule has 1 aromatic carbocycles. The molecule has 0 aliphatic rings. The van der Waals surface area contributed by atoms with Crippen LogP contribution in [0.3, 0.4) is 0 Å². The second-order valence-electron chi connectivity index (χ2n) is 2.00. The Balaban J connectivity index is 3.21. The third-order valence-electron chi connectivity index (χ3n) is 1.29. The highest BCUT2D eigenvalue weighted by atomic mass is 79.9. The van der Waals surface area contributed by atoms with E-state index in [-0.39, 0.29) is 11.5 Å². The highest BCUT2D eigenvalue weighted by Gasteiger charge is 2.04. The Morgan fingerprint density at radius 2 is 2.18 bits per heavy atom. The van der Waals surface area contributed by atoms with E-state index < -0.39 is 0 Å². The Bertz CT molecular complexity index is 254. The molecule has 0 aliphatic carbocycles. The average molecular weight is 236 g/mol. The van der Waals surface area contributed by atoms with Crippen molar-refractivity contribution in [3.63, 3.8) is 0 Å². The van der Waals surface area contributed by atoms with Crippen LogP contribution >= 0.6 is 27.7 Å². The number of rotatable bonds is 1.